The molecule has 0 radical (unpaired) electrons. The Balaban J connectivity index is 2.13. The molecule has 20 heavy (non-hydrogen) atoms. The van der Waals surface area contributed by atoms with Gasteiger partial charge in [-0.15, -0.1) is 0 Å². The first-order valence-electron chi connectivity index (χ1n) is 5.97. The molecule has 7 heteroatoms. The van der Waals surface area contributed by atoms with Gasteiger partial charge in [-0.1, -0.05) is 0 Å². The highest BCUT2D eigenvalue weighted by molar-refractivity contribution is 8.00. The molecule has 0 spiro atoms. The number of rotatable bonds is 4. The molecule has 1 aromatic rings. The summed E-state index contributed by atoms with van der Waals surface area (Å²) in [5, 5.41) is 2.51. The van der Waals surface area contributed by atoms with Crippen molar-refractivity contribution in [3.8, 4) is 0 Å². The van der Waals surface area contributed by atoms with Gasteiger partial charge in [-0.05, 0) is 37.3 Å². The molecule has 1 fully saturated rings. The van der Waals surface area contributed by atoms with Crippen LogP contribution in [0.1, 0.15) is 28.8 Å². The van der Waals surface area contributed by atoms with Crippen molar-refractivity contribution in [3.05, 3.63) is 35.1 Å². The van der Waals surface area contributed by atoms with Crippen molar-refractivity contribution in [2.75, 3.05) is 12.8 Å². The van der Waals surface area contributed by atoms with E-state index < -0.39 is 29.0 Å². The maximum absolute atomic E-state index is 13.5. The van der Waals surface area contributed by atoms with Crippen LogP contribution in [0, 0.1) is 5.82 Å². The third-order valence-corrected chi connectivity index (χ3v) is 4.77. The maximum atomic E-state index is 13.5. The summed E-state index contributed by atoms with van der Waals surface area (Å²) in [6, 6.07) is 1.83. The fraction of sp³-hybridized carbons (Fsp3) is 0.462. The van der Waals surface area contributed by atoms with Gasteiger partial charge in [-0.3, -0.25) is 4.79 Å². The van der Waals surface area contributed by atoms with Crippen LogP contribution < -0.4 is 5.32 Å². The summed E-state index contributed by atoms with van der Waals surface area (Å²) in [7, 11) is 0. The lowest BCUT2D eigenvalue weighted by atomic mass is 10.1. The number of amides is 1. The van der Waals surface area contributed by atoms with E-state index in [0.29, 0.717) is 24.7 Å². The van der Waals surface area contributed by atoms with Crippen LogP contribution in [0.2, 0.25) is 0 Å². The average molecular weight is 307 g/mol. The summed E-state index contributed by atoms with van der Waals surface area (Å²) < 4.78 is 51.1. The smallest absolute Gasteiger partial charge is 0.351 e. The van der Waals surface area contributed by atoms with Gasteiger partial charge in [-0.2, -0.15) is 24.9 Å². The van der Waals surface area contributed by atoms with Crippen LogP contribution in [0.3, 0.4) is 0 Å². The number of benzene rings is 1. The van der Waals surface area contributed by atoms with Gasteiger partial charge in [0.25, 0.3) is 5.91 Å². The number of halogens is 4. The van der Waals surface area contributed by atoms with E-state index in [0.717, 1.165) is 12.8 Å². The van der Waals surface area contributed by atoms with Crippen molar-refractivity contribution in [3.63, 3.8) is 0 Å². The van der Waals surface area contributed by atoms with Gasteiger partial charge in [0.2, 0.25) is 0 Å². The highest BCUT2D eigenvalue weighted by Crippen LogP contribution is 2.46. The number of carbonyl (C=O) groups excluding carboxylic acids is 1. The lowest BCUT2D eigenvalue weighted by Crippen LogP contribution is -2.32. The first-order chi connectivity index (χ1) is 9.27. The van der Waals surface area contributed by atoms with E-state index >= 15 is 0 Å². The van der Waals surface area contributed by atoms with Crippen LogP contribution in [-0.2, 0) is 6.18 Å². The van der Waals surface area contributed by atoms with Crippen molar-refractivity contribution in [2.45, 2.75) is 23.8 Å². The molecule has 0 heterocycles. The Labute approximate surface area is 117 Å². The molecule has 1 aliphatic carbocycles. The molecule has 0 bridgehead atoms. The van der Waals surface area contributed by atoms with Crippen molar-refractivity contribution >= 4 is 17.7 Å². The standard InChI is InChI=1S/C13H13F4NOS/c1-20-12(4-5-12)7-18-11(19)9-6-8(13(15,16)17)2-3-10(9)14/h2-3,6H,4-5,7H2,1H3,(H,18,19). The maximum Gasteiger partial charge on any atom is 0.416 e. The molecule has 2 rings (SSSR count). The Kier molecular flexibility index (Phi) is 4.00. The topological polar surface area (TPSA) is 29.1 Å². The van der Waals surface area contributed by atoms with Crippen molar-refractivity contribution in [1.29, 1.82) is 0 Å². The Bertz CT molecular complexity index is 526. The number of thioether (sulfide) groups is 1. The normalized spacial score (nSPS) is 16.9. The van der Waals surface area contributed by atoms with E-state index in [9.17, 15) is 22.4 Å². The average Bonchev–Trinajstić information content (AvgIpc) is 3.16. The molecular formula is C13H13F4NOS. The highest BCUT2D eigenvalue weighted by atomic mass is 32.2. The van der Waals surface area contributed by atoms with Crippen LogP contribution in [-0.4, -0.2) is 23.5 Å². The molecule has 2 nitrogen and oxygen atoms in total. The molecule has 1 amide bonds. The predicted molar refractivity (Wildman–Crippen MR) is 69.2 cm³/mol. The number of hydrogen-bond acceptors (Lipinski definition) is 2. The van der Waals surface area contributed by atoms with Crippen molar-refractivity contribution < 1.29 is 22.4 Å². The molecule has 0 aliphatic heterocycles. The van der Waals surface area contributed by atoms with Gasteiger partial charge in [0.05, 0.1) is 11.1 Å². The van der Waals surface area contributed by atoms with Gasteiger partial charge in [-0.25, -0.2) is 4.39 Å². The Morgan fingerprint density at radius 2 is 2.05 bits per heavy atom. The van der Waals surface area contributed by atoms with Gasteiger partial charge in [0, 0.05) is 11.3 Å². The van der Waals surface area contributed by atoms with E-state index in [1.807, 2.05) is 6.26 Å². The number of hydrogen-bond donors (Lipinski definition) is 1. The van der Waals surface area contributed by atoms with Crippen molar-refractivity contribution in [2.24, 2.45) is 0 Å². The second-order valence-corrected chi connectivity index (χ2v) is 6.04. The molecule has 1 aromatic carbocycles. The molecule has 0 atom stereocenters. The monoisotopic (exact) mass is 307 g/mol. The van der Waals surface area contributed by atoms with Crippen LogP contribution in [0.5, 0.6) is 0 Å². The van der Waals surface area contributed by atoms with Gasteiger partial charge in [0.1, 0.15) is 5.82 Å². The lowest BCUT2D eigenvalue weighted by molar-refractivity contribution is -0.137. The largest absolute Gasteiger partial charge is 0.416 e. The molecule has 110 valence electrons. The fourth-order valence-corrected chi connectivity index (χ4v) is 2.53. The number of alkyl halides is 3. The second-order valence-electron chi connectivity index (χ2n) is 4.76. The van der Waals surface area contributed by atoms with Crippen LogP contribution in [0.25, 0.3) is 0 Å². The summed E-state index contributed by atoms with van der Waals surface area (Å²) in [6.07, 6.45) is -0.803. The fourth-order valence-electron chi connectivity index (χ4n) is 1.80. The van der Waals surface area contributed by atoms with Crippen molar-refractivity contribution in [1.82, 2.24) is 5.32 Å². The quantitative estimate of drug-likeness (QED) is 0.863. The van der Waals surface area contributed by atoms with Crippen LogP contribution in [0.15, 0.2) is 18.2 Å². The molecule has 0 aromatic heterocycles. The minimum atomic E-state index is -4.60. The Hall–Kier alpha value is -1.24. The highest BCUT2D eigenvalue weighted by Gasteiger charge is 2.42. The summed E-state index contributed by atoms with van der Waals surface area (Å²) in [5.41, 5.74) is -1.60. The van der Waals surface area contributed by atoms with E-state index in [2.05, 4.69) is 5.32 Å². The second kappa shape index (κ2) is 5.27. The molecule has 1 N–H and O–H groups in total. The molecule has 1 saturated carbocycles. The predicted octanol–water partition coefficient (Wildman–Crippen LogP) is 3.47. The minimum Gasteiger partial charge on any atom is -0.351 e. The van der Waals surface area contributed by atoms with Gasteiger partial charge < -0.3 is 5.32 Å². The minimum absolute atomic E-state index is 0.0340. The molecule has 1 aliphatic rings. The third-order valence-electron chi connectivity index (χ3n) is 3.35. The van der Waals surface area contributed by atoms with E-state index in [-0.39, 0.29) is 4.75 Å². The first kappa shape index (κ1) is 15.2. The Morgan fingerprint density at radius 1 is 1.40 bits per heavy atom. The zero-order valence-corrected chi connectivity index (χ0v) is 11.5. The molecular weight excluding hydrogens is 294 g/mol. The zero-order valence-electron chi connectivity index (χ0n) is 10.7. The first-order valence-corrected chi connectivity index (χ1v) is 7.20. The summed E-state index contributed by atoms with van der Waals surface area (Å²) >= 11 is 1.60. The third kappa shape index (κ3) is 3.26. The molecule has 0 unspecified atom stereocenters. The Morgan fingerprint density at radius 3 is 2.55 bits per heavy atom. The van der Waals surface area contributed by atoms with E-state index in [4.69, 9.17) is 0 Å². The van der Waals surface area contributed by atoms with E-state index in [1.54, 1.807) is 11.8 Å². The summed E-state index contributed by atoms with van der Waals surface area (Å²) in [4.78, 5) is 11.8. The summed E-state index contributed by atoms with van der Waals surface area (Å²) in [5.74, 6) is -1.77. The molecule has 0 saturated heterocycles. The zero-order chi connectivity index (χ0) is 15.0. The van der Waals surface area contributed by atoms with Gasteiger partial charge in [0.15, 0.2) is 0 Å². The van der Waals surface area contributed by atoms with Gasteiger partial charge >= 0.3 is 6.18 Å². The van der Waals surface area contributed by atoms with Crippen LogP contribution in [0.4, 0.5) is 17.6 Å². The van der Waals surface area contributed by atoms with Crippen LogP contribution >= 0.6 is 11.8 Å². The lowest BCUT2D eigenvalue weighted by Gasteiger charge is -2.14. The van der Waals surface area contributed by atoms with E-state index in [1.165, 1.54) is 0 Å². The summed E-state index contributed by atoms with van der Waals surface area (Å²) in [6.45, 7) is 0.336. The SMILES string of the molecule is CSC1(CNC(=O)c2cc(C(F)(F)F)ccc2F)CC1. The number of carbonyl (C=O) groups is 1. The number of nitrogens with one attached hydrogen (secondary N) is 1.